The molecule has 6 nitrogen and oxygen atoms in total. The van der Waals surface area contributed by atoms with E-state index in [2.05, 4.69) is 5.32 Å². The number of quaternary nitrogens is 1. The average molecular weight is 292 g/mol. The Bertz CT molecular complexity index is 511. The Labute approximate surface area is 124 Å². The van der Waals surface area contributed by atoms with E-state index < -0.39 is 0 Å². The van der Waals surface area contributed by atoms with Crippen LogP contribution in [0.5, 0.6) is 5.75 Å². The summed E-state index contributed by atoms with van der Waals surface area (Å²) in [7, 11) is 1.58. The van der Waals surface area contributed by atoms with Gasteiger partial charge in [0.1, 0.15) is 5.75 Å². The number of ether oxygens (including phenoxy) is 1. The summed E-state index contributed by atoms with van der Waals surface area (Å²) in [6, 6.07) is 7.35. The van der Waals surface area contributed by atoms with Crippen molar-refractivity contribution in [2.45, 2.75) is 6.92 Å². The highest BCUT2D eigenvalue weighted by Gasteiger charge is 2.23. The molecule has 1 heterocycles. The van der Waals surface area contributed by atoms with Crippen LogP contribution in [-0.2, 0) is 9.59 Å². The van der Waals surface area contributed by atoms with Crippen molar-refractivity contribution in [1.82, 2.24) is 4.90 Å². The van der Waals surface area contributed by atoms with Crippen LogP contribution in [0, 0.1) is 0 Å². The molecular weight excluding hydrogens is 270 g/mol. The first-order valence-corrected chi connectivity index (χ1v) is 7.12. The van der Waals surface area contributed by atoms with Crippen molar-refractivity contribution in [1.29, 1.82) is 0 Å². The number of carbonyl (C=O) groups excluding carboxylic acids is 2. The fraction of sp³-hybridized carbons (Fsp3) is 0.467. The van der Waals surface area contributed by atoms with E-state index in [1.807, 2.05) is 29.2 Å². The van der Waals surface area contributed by atoms with Crippen molar-refractivity contribution in [3.05, 3.63) is 24.3 Å². The summed E-state index contributed by atoms with van der Waals surface area (Å²) in [5.41, 5.74) is 0.687. The molecule has 0 bridgehead atoms. The summed E-state index contributed by atoms with van der Waals surface area (Å²) in [6.45, 7) is 5.03. The third-order valence-electron chi connectivity index (χ3n) is 3.71. The Kier molecular flexibility index (Phi) is 5.16. The van der Waals surface area contributed by atoms with Crippen LogP contribution in [0.15, 0.2) is 24.3 Å². The SMILES string of the molecule is COc1ccccc1NC(=O)C[NH+]1CCN(C(C)=O)CC1. The van der Waals surface area contributed by atoms with Gasteiger partial charge >= 0.3 is 0 Å². The molecular formula is C15H22N3O3+. The number of nitrogens with one attached hydrogen (secondary N) is 2. The molecule has 0 aliphatic carbocycles. The van der Waals surface area contributed by atoms with Crippen LogP contribution in [-0.4, -0.2) is 56.5 Å². The highest BCUT2D eigenvalue weighted by atomic mass is 16.5. The molecule has 21 heavy (non-hydrogen) atoms. The number of amides is 2. The minimum Gasteiger partial charge on any atom is -0.495 e. The smallest absolute Gasteiger partial charge is 0.279 e. The number of hydrogen-bond acceptors (Lipinski definition) is 3. The van der Waals surface area contributed by atoms with Gasteiger partial charge in [-0.05, 0) is 12.1 Å². The molecule has 0 unspecified atom stereocenters. The lowest BCUT2D eigenvalue weighted by Crippen LogP contribution is -3.15. The molecule has 1 aliphatic heterocycles. The molecule has 1 saturated heterocycles. The summed E-state index contributed by atoms with van der Waals surface area (Å²) in [5.74, 6) is 0.723. The highest BCUT2D eigenvalue weighted by molar-refractivity contribution is 5.92. The third kappa shape index (κ3) is 4.19. The summed E-state index contributed by atoms with van der Waals surface area (Å²) >= 11 is 0. The molecule has 2 rings (SSSR count). The number of rotatable bonds is 4. The lowest BCUT2D eigenvalue weighted by Gasteiger charge is -2.31. The first-order valence-electron chi connectivity index (χ1n) is 7.12. The number of carbonyl (C=O) groups is 2. The third-order valence-corrected chi connectivity index (χ3v) is 3.71. The standard InChI is InChI=1S/C15H21N3O3/c1-12(19)18-9-7-17(8-10-18)11-15(20)16-13-5-3-4-6-14(13)21-2/h3-6H,7-11H2,1-2H3,(H,16,20)/p+1. The normalized spacial score (nSPS) is 15.6. The van der Waals surface area contributed by atoms with Gasteiger partial charge in [-0.15, -0.1) is 0 Å². The first kappa shape index (κ1) is 15.3. The molecule has 0 aromatic heterocycles. The molecule has 2 amide bonds. The van der Waals surface area contributed by atoms with Gasteiger partial charge < -0.3 is 19.9 Å². The zero-order valence-corrected chi connectivity index (χ0v) is 12.5. The first-order chi connectivity index (χ1) is 10.1. The van der Waals surface area contributed by atoms with Gasteiger partial charge in [-0.1, -0.05) is 12.1 Å². The van der Waals surface area contributed by atoms with Crippen LogP contribution in [0.2, 0.25) is 0 Å². The summed E-state index contributed by atoms with van der Waals surface area (Å²) in [5, 5.41) is 2.88. The van der Waals surface area contributed by atoms with E-state index in [0.29, 0.717) is 31.1 Å². The Hall–Kier alpha value is -2.08. The van der Waals surface area contributed by atoms with Gasteiger partial charge in [-0.25, -0.2) is 0 Å². The second-order valence-corrected chi connectivity index (χ2v) is 5.18. The number of para-hydroxylation sites is 2. The van der Waals surface area contributed by atoms with Gasteiger partial charge in [0.15, 0.2) is 6.54 Å². The predicted octanol–water partition coefficient (Wildman–Crippen LogP) is -0.619. The minimum atomic E-state index is -0.0363. The van der Waals surface area contributed by atoms with Gasteiger partial charge in [-0.2, -0.15) is 0 Å². The number of piperazine rings is 1. The molecule has 1 aromatic carbocycles. The minimum absolute atomic E-state index is 0.0363. The van der Waals surface area contributed by atoms with E-state index in [1.165, 1.54) is 4.90 Å². The lowest BCUT2D eigenvalue weighted by molar-refractivity contribution is -0.895. The van der Waals surface area contributed by atoms with Gasteiger partial charge in [0, 0.05) is 6.92 Å². The van der Waals surface area contributed by atoms with Crippen molar-refractivity contribution in [3.8, 4) is 5.75 Å². The van der Waals surface area contributed by atoms with E-state index in [4.69, 9.17) is 4.74 Å². The highest BCUT2D eigenvalue weighted by Crippen LogP contribution is 2.22. The topological polar surface area (TPSA) is 63.1 Å². The molecule has 0 saturated carbocycles. The van der Waals surface area contributed by atoms with Crippen molar-refractivity contribution in [2.75, 3.05) is 45.2 Å². The second-order valence-electron chi connectivity index (χ2n) is 5.18. The van der Waals surface area contributed by atoms with Gasteiger partial charge in [0.25, 0.3) is 5.91 Å². The fourth-order valence-electron chi connectivity index (χ4n) is 2.48. The maximum absolute atomic E-state index is 12.1. The van der Waals surface area contributed by atoms with Crippen LogP contribution in [0.3, 0.4) is 0 Å². The van der Waals surface area contributed by atoms with Crippen LogP contribution in [0.4, 0.5) is 5.69 Å². The van der Waals surface area contributed by atoms with Crippen LogP contribution >= 0.6 is 0 Å². The summed E-state index contributed by atoms with van der Waals surface area (Å²) < 4.78 is 5.21. The number of hydrogen-bond donors (Lipinski definition) is 2. The molecule has 0 radical (unpaired) electrons. The van der Waals surface area contributed by atoms with Crippen molar-refractivity contribution in [2.24, 2.45) is 0 Å². The van der Waals surface area contributed by atoms with Gasteiger partial charge in [0.05, 0.1) is 39.0 Å². The maximum atomic E-state index is 12.1. The Morgan fingerprint density at radius 3 is 2.57 bits per heavy atom. The largest absolute Gasteiger partial charge is 0.495 e. The van der Waals surface area contributed by atoms with Crippen molar-refractivity contribution in [3.63, 3.8) is 0 Å². The number of methoxy groups -OCH3 is 1. The van der Waals surface area contributed by atoms with Crippen molar-refractivity contribution < 1.29 is 19.2 Å². The van der Waals surface area contributed by atoms with E-state index in [0.717, 1.165) is 13.1 Å². The second kappa shape index (κ2) is 7.08. The van der Waals surface area contributed by atoms with E-state index in [-0.39, 0.29) is 11.8 Å². The predicted molar refractivity (Wildman–Crippen MR) is 79.4 cm³/mol. The van der Waals surface area contributed by atoms with E-state index in [1.54, 1.807) is 14.0 Å². The average Bonchev–Trinajstić information content (AvgIpc) is 2.48. The monoisotopic (exact) mass is 292 g/mol. The van der Waals surface area contributed by atoms with Crippen LogP contribution in [0.25, 0.3) is 0 Å². The Morgan fingerprint density at radius 2 is 1.95 bits per heavy atom. The Morgan fingerprint density at radius 1 is 1.29 bits per heavy atom. The molecule has 0 atom stereocenters. The fourth-order valence-corrected chi connectivity index (χ4v) is 2.48. The molecule has 1 aliphatic rings. The molecule has 0 spiro atoms. The maximum Gasteiger partial charge on any atom is 0.279 e. The zero-order valence-electron chi connectivity index (χ0n) is 12.5. The lowest BCUT2D eigenvalue weighted by atomic mass is 10.2. The number of anilines is 1. The molecule has 6 heteroatoms. The van der Waals surface area contributed by atoms with E-state index in [9.17, 15) is 9.59 Å². The summed E-state index contributed by atoms with van der Waals surface area (Å²) in [4.78, 5) is 26.4. The van der Waals surface area contributed by atoms with Crippen molar-refractivity contribution >= 4 is 17.5 Å². The van der Waals surface area contributed by atoms with Crippen LogP contribution in [0.1, 0.15) is 6.92 Å². The Balaban J connectivity index is 1.84. The molecule has 1 aromatic rings. The van der Waals surface area contributed by atoms with Gasteiger partial charge in [-0.3, -0.25) is 9.59 Å². The molecule has 1 fully saturated rings. The number of nitrogens with zero attached hydrogens (tertiary/aromatic N) is 1. The van der Waals surface area contributed by atoms with Gasteiger partial charge in [0.2, 0.25) is 5.91 Å². The summed E-state index contributed by atoms with van der Waals surface area (Å²) in [6.07, 6.45) is 0. The quantitative estimate of drug-likeness (QED) is 0.777. The number of benzene rings is 1. The zero-order chi connectivity index (χ0) is 15.2. The van der Waals surface area contributed by atoms with E-state index >= 15 is 0 Å². The molecule has 2 N–H and O–H groups in total. The van der Waals surface area contributed by atoms with Crippen LogP contribution < -0.4 is 15.0 Å². The molecule has 114 valence electrons.